The molecule has 2 aromatic carbocycles. The van der Waals surface area contributed by atoms with Gasteiger partial charge in [0.1, 0.15) is 11.9 Å². The maximum atomic E-state index is 13.8. The summed E-state index contributed by atoms with van der Waals surface area (Å²) in [6, 6.07) is 8.80. The molecule has 0 aromatic heterocycles. The van der Waals surface area contributed by atoms with Crippen LogP contribution in [0.5, 0.6) is 5.75 Å². The molecular formula is C25H29F3N4O3. The zero-order valence-electron chi connectivity index (χ0n) is 19.7. The lowest BCUT2D eigenvalue weighted by molar-refractivity contribution is -0.139. The molecule has 2 atom stereocenters. The minimum absolute atomic E-state index is 0.0275. The number of carbonyl (C=O) groups excluding carboxylic acids is 2. The predicted molar refractivity (Wildman–Crippen MR) is 125 cm³/mol. The molecule has 35 heavy (non-hydrogen) atoms. The van der Waals surface area contributed by atoms with E-state index in [-0.39, 0.29) is 30.0 Å². The highest BCUT2D eigenvalue weighted by atomic mass is 19.4. The molecule has 4 rings (SSSR count). The van der Waals surface area contributed by atoms with Crippen molar-refractivity contribution >= 4 is 17.5 Å². The van der Waals surface area contributed by atoms with Crippen LogP contribution in [0.2, 0.25) is 0 Å². The highest BCUT2D eigenvalue weighted by Gasteiger charge is 2.36. The van der Waals surface area contributed by atoms with Gasteiger partial charge in [-0.25, -0.2) is 0 Å². The summed E-state index contributed by atoms with van der Waals surface area (Å²) >= 11 is 0. The molecule has 1 unspecified atom stereocenters. The van der Waals surface area contributed by atoms with E-state index in [0.717, 1.165) is 23.7 Å². The Balaban J connectivity index is 1.52. The van der Waals surface area contributed by atoms with Crippen LogP contribution < -0.4 is 15.8 Å². The summed E-state index contributed by atoms with van der Waals surface area (Å²) in [6.45, 7) is 4.60. The van der Waals surface area contributed by atoms with E-state index >= 15 is 0 Å². The van der Waals surface area contributed by atoms with E-state index in [0.29, 0.717) is 31.6 Å². The van der Waals surface area contributed by atoms with Gasteiger partial charge in [0.15, 0.2) is 0 Å². The van der Waals surface area contributed by atoms with E-state index in [1.807, 2.05) is 29.8 Å². The first-order chi connectivity index (χ1) is 16.5. The third-order valence-electron chi connectivity index (χ3n) is 6.43. The number of likely N-dealkylation sites (tertiary alicyclic amines) is 1. The molecule has 0 aliphatic carbocycles. The fraction of sp³-hybridized carbons (Fsp3) is 0.440. The second kappa shape index (κ2) is 9.87. The second-order valence-electron chi connectivity index (χ2n) is 9.40. The van der Waals surface area contributed by atoms with Gasteiger partial charge in [0.25, 0.3) is 5.91 Å². The normalized spacial score (nSPS) is 20.9. The van der Waals surface area contributed by atoms with Crippen LogP contribution in [0.1, 0.15) is 46.3 Å². The van der Waals surface area contributed by atoms with Crippen LogP contribution in [0.15, 0.2) is 36.4 Å². The van der Waals surface area contributed by atoms with Gasteiger partial charge in [-0.1, -0.05) is 13.0 Å². The van der Waals surface area contributed by atoms with Gasteiger partial charge in [-0.3, -0.25) is 14.5 Å². The lowest BCUT2D eigenvalue weighted by Gasteiger charge is -2.32. The minimum Gasteiger partial charge on any atom is -0.488 e. The van der Waals surface area contributed by atoms with Crippen LogP contribution in [-0.2, 0) is 17.5 Å². The number of likely N-dealkylation sites (N-methyl/N-ethyl adjacent to an activating group) is 1. The average molecular weight is 491 g/mol. The van der Waals surface area contributed by atoms with Crippen molar-refractivity contribution in [2.75, 3.05) is 38.5 Å². The topological polar surface area (TPSA) is 87.9 Å². The van der Waals surface area contributed by atoms with Crippen molar-refractivity contribution in [2.24, 2.45) is 5.73 Å². The first kappa shape index (κ1) is 25.0. The van der Waals surface area contributed by atoms with Gasteiger partial charge in [0.2, 0.25) is 5.91 Å². The SMILES string of the molecule is C[C@H]1CN(CC(N)=O)Cc2cc(C(=O)Nc3ccc(OC4CCN(C)C4)c(C(F)(F)F)c3)ccc21. The maximum Gasteiger partial charge on any atom is 0.420 e. The Hall–Kier alpha value is -3.11. The fourth-order valence-corrected chi connectivity index (χ4v) is 4.80. The Kier molecular flexibility index (Phi) is 7.05. The summed E-state index contributed by atoms with van der Waals surface area (Å²) in [5.74, 6) is -1.04. The summed E-state index contributed by atoms with van der Waals surface area (Å²) in [5.41, 5.74) is 6.70. The predicted octanol–water partition coefficient (Wildman–Crippen LogP) is 3.45. The Morgan fingerprint density at radius 3 is 2.60 bits per heavy atom. The lowest BCUT2D eigenvalue weighted by Crippen LogP contribution is -2.38. The highest BCUT2D eigenvalue weighted by molar-refractivity contribution is 6.04. The number of amides is 2. The van der Waals surface area contributed by atoms with Gasteiger partial charge in [0, 0.05) is 37.4 Å². The number of alkyl halides is 3. The quantitative estimate of drug-likeness (QED) is 0.648. The zero-order valence-corrected chi connectivity index (χ0v) is 19.7. The first-order valence-electron chi connectivity index (χ1n) is 11.5. The number of hydrogen-bond acceptors (Lipinski definition) is 5. The summed E-state index contributed by atoms with van der Waals surface area (Å²) in [6.07, 6.45) is -4.29. The molecule has 1 saturated heterocycles. The van der Waals surface area contributed by atoms with Gasteiger partial charge in [-0.2, -0.15) is 13.2 Å². The largest absolute Gasteiger partial charge is 0.488 e. The molecule has 1 fully saturated rings. The molecule has 10 heteroatoms. The number of nitrogens with one attached hydrogen (secondary N) is 1. The van der Waals surface area contributed by atoms with Crippen LogP contribution in [0.25, 0.3) is 0 Å². The fourth-order valence-electron chi connectivity index (χ4n) is 4.80. The van der Waals surface area contributed by atoms with E-state index in [2.05, 4.69) is 5.32 Å². The van der Waals surface area contributed by atoms with Crippen molar-refractivity contribution in [3.05, 3.63) is 58.7 Å². The second-order valence-corrected chi connectivity index (χ2v) is 9.40. The third-order valence-corrected chi connectivity index (χ3v) is 6.43. The molecule has 2 amide bonds. The van der Waals surface area contributed by atoms with Gasteiger partial charge in [-0.15, -0.1) is 0 Å². The van der Waals surface area contributed by atoms with Gasteiger partial charge in [0.05, 0.1) is 12.1 Å². The number of nitrogens with zero attached hydrogens (tertiary/aromatic N) is 2. The average Bonchev–Trinajstić information content (AvgIpc) is 3.17. The van der Waals surface area contributed by atoms with Crippen molar-refractivity contribution in [3.8, 4) is 5.75 Å². The van der Waals surface area contributed by atoms with Gasteiger partial charge in [-0.05, 0) is 60.8 Å². The summed E-state index contributed by atoms with van der Waals surface area (Å²) in [5, 5.41) is 2.57. The van der Waals surface area contributed by atoms with Gasteiger partial charge >= 0.3 is 6.18 Å². The Bertz CT molecular complexity index is 1120. The number of carbonyl (C=O) groups is 2. The van der Waals surface area contributed by atoms with Crippen LogP contribution in [0.3, 0.4) is 0 Å². The number of primary amides is 1. The Labute approximate surface area is 202 Å². The number of rotatable bonds is 6. The number of ether oxygens (including phenoxy) is 1. The number of fused-ring (bicyclic) bond motifs is 1. The van der Waals surface area contributed by atoms with Gasteiger partial charge < -0.3 is 20.7 Å². The van der Waals surface area contributed by atoms with E-state index in [4.69, 9.17) is 10.5 Å². The van der Waals surface area contributed by atoms with Crippen molar-refractivity contribution in [1.29, 1.82) is 0 Å². The van der Waals surface area contributed by atoms with Crippen LogP contribution >= 0.6 is 0 Å². The number of benzene rings is 2. The monoisotopic (exact) mass is 490 g/mol. The molecule has 2 aliphatic rings. The molecular weight excluding hydrogens is 461 g/mol. The molecule has 3 N–H and O–H groups in total. The number of anilines is 1. The van der Waals surface area contributed by atoms with Crippen molar-refractivity contribution in [2.45, 2.75) is 38.1 Å². The minimum atomic E-state index is -4.63. The molecule has 188 valence electrons. The number of halogens is 3. The van der Waals surface area contributed by atoms with E-state index in [1.165, 1.54) is 12.1 Å². The van der Waals surface area contributed by atoms with Crippen molar-refractivity contribution < 1.29 is 27.5 Å². The zero-order chi connectivity index (χ0) is 25.3. The highest BCUT2D eigenvalue weighted by Crippen LogP contribution is 2.39. The molecule has 2 heterocycles. The number of hydrogen-bond donors (Lipinski definition) is 2. The van der Waals surface area contributed by atoms with E-state index in [9.17, 15) is 22.8 Å². The smallest absolute Gasteiger partial charge is 0.420 e. The van der Waals surface area contributed by atoms with E-state index < -0.39 is 23.6 Å². The Morgan fingerprint density at radius 2 is 1.94 bits per heavy atom. The van der Waals surface area contributed by atoms with Crippen molar-refractivity contribution in [3.63, 3.8) is 0 Å². The molecule has 2 aliphatic heterocycles. The van der Waals surface area contributed by atoms with E-state index in [1.54, 1.807) is 12.1 Å². The third kappa shape index (κ3) is 5.94. The molecule has 0 spiro atoms. The maximum absolute atomic E-state index is 13.8. The Morgan fingerprint density at radius 1 is 1.17 bits per heavy atom. The van der Waals surface area contributed by atoms with Crippen molar-refractivity contribution in [1.82, 2.24) is 9.80 Å². The molecule has 0 saturated carbocycles. The first-order valence-corrected chi connectivity index (χ1v) is 11.5. The molecule has 0 radical (unpaired) electrons. The summed E-state index contributed by atoms with van der Waals surface area (Å²) in [7, 11) is 1.89. The van der Waals surface area contributed by atoms with Crippen LogP contribution in [0, 0.1) is 0 Å². The van der Waals surface area contributed by atoms with Crippen LogP contribution in [-0.4, -0.2) is 60.9 Å². The summed E-state index contributed by atoms with van der Waals surface area (Å²) < 4.78 is 46.9. The number of nitrogens with two attached hydrogens (primary N) is 1. The molecule has 0 bridgehead atoms. The molecule has 7 nitrogen and oxygen atoms in total. The standard InChI is InChI=1S/C25H29F3N4O3/c1-15-11-32(14-23(29)33)12-17-9-16(3-5-20(15)17)24(34)30-18-4-6-22(21(10-18)25(26,27)28)35-19-7-8-31(2)13-19/h3-6,9-10,15,19H,7-8,11-14H2,1-2H3,(H2,29,33)(H,30,34)/t15-,19?/m0/s1. The van der Waals surface area contributed by atoms with Crippen LogP contribution in [0.4, 0.5) is 18.9 Å². The summed E-state index contributed by atoms with van der Waals surface area (Å²) in [4.78, 5) is 28.1. The lowest BCUT2D eigenvalue weighted by atomic mass is 9.89. The molecule has 2 aromatic rings.